The molecule has 1 aliphatic rings. The van der Waals surface area contributed by atoms with Crippen LogP contribution in [0.15, 0.2) is 79.1 Å². The minimum atomic E-state index is -0.713. The van der Waals surface area contributed by atoms with E-state index in [-0.39, 0.29) is 17.7 Å². The van der Waals surface area contributed by atoms with Gasteiger partial charge in [0, 0.05) is 36.4 Å². The lowest BCUT2D eigenvalue weighted by Gasteiger charge is -2.18. The van der Waals surface area contributed by atoms with Gasteiger partial charge in [0.1, 0.15) is 6.04 Å². The second kappa shape index (κ2) is 9.91. The summed E-state index contributed by atoms with van der Waals surface area (Å²) in [7, 11) is 0. The molecule has 2 aromatic carbocycles. The van der Waals surface area contributed by atoms with Crippen molar-refractivity contribution in [1.29, 1.82) is 0 Å². The number of rotatable bonds is 6. The molecular weight excluding hydrogens is 416 g/mol. The van der Waals surface area contributed by atoms with Gasteiger partial charge >= 0.3 is 0 Å². The Morgan fingerprint density at radius 2 is 1.88 bits per heavy atom. The molecule has 3 aromatic rings. The van der Waals surface area contributed by atoms with E-state index < -0.39 is 6.04 Å². The molecule has 166 valence electrons. The van der Waals surface area contributed by atoms with E-state index in [9.17, 15) is 14.4 Å². The normalized spacial score (nSPS) is 13.4. The summed E-state index contributed by atoms with van der Waals surface area (Å²) in [6.45, 7) is 2.20. The quantitative estimate of drug-likeness (QED) is 0.575. The fraction of sp³-hybridized carbons (Fsp3) is 0.154. The molecule has 0 saturated carbocycles. The number of carbonyl (C=O) groups excluding carboxylic acids is 3. The van der Waals surface area contributed by atoms with E-state index in [0.717, 1.165) is 16.8 Å². The van der Waals surface area contributed by atoms with Gasteiger partial charge < -0.3 is 15.5 Å². The number of amides is 3. The number of aromatic nitrogens is 1. The highest BCUT2D eigenvalue weighted by molar-refractivity contribution is 6.07. The second-order valence-electron chi connectivity index (χ2n) is 7.76. The van der Waals surface area contributed by atoms with Gasteiger partial charge in [-0.1, -0.05) is 30.3 Å². The van der Waals surface area contributed by atoms with Gasteiger partial charge in [-0.25, -0.2) is 0 Å². The maximum atomic E-state index is 12.8. The highest BCUT2D eigenvalue weighted by Gasteiger charge is 2.26. The van der Waals surface area contributed by atoms with Crippen LogP contribution in [-0.2, 0) is 16.0 Å². The molecule has 0 bridgehead atoms. The predicted octanol–water partition coefficient (Wildman–Crippen LogP) is 3.44. The van der Waals surface area contributed by atoms with Crippen LogP contribution < -0.4 is 15.5 Å². The van der Waals surface area contributed by atoms with Gasteiger partial charge in [0.05, 0.1) is 5.56 Å². The third-order valence-corrected chi connectivity index (χ3v) is 5.37. The van der Waals surface area contributed by atoms with E-state index in [4.69, 9.17) is 0 Å². The van der Waals surface area contributed by atoms with Crippen LogP contribution >= 0.6 is 0 Å². The van der Waals surface area contributed by atoms with Crippen molar-refractivity contribution >= 4 is 35.2 Å². The largest absolute Gasteiger partial charge is 0.341 e. The van der Waals surface area contributed by atoms with Gasteiger partial charge in [-0.3, -0.25) is 19.4 Å². The Kier molecular flexibility index (Phi) is 6.59. The van der Waals surface area contributed by atoms with Gasteiger partial charge in [0.25, 0.3) is 5.91 Å². The van der Waals surface area contributed by atoms with Crippen LogP contribution in [0, 0.1) is 0 Å². The molecule has 1 atom stereocenters. The molecule has 3 amide bonds. The maximum absolute atomic E-state index is 12.8. The molecule has 33 heavy (non-hydrogen) atoms. The van der Waals surface area contributed by atoms with Gasteiger partial charge in [-0.15, -0.1) is 0 Å². The molecule has 0 fully saturated rings. The average Bonchev–Trinajstić information content (AvgIpc) is 3.26. The molecule has 7 nitrogen and oxygen atoms in total. The van der Waals surface area contributed by atoms with Crippen LogP contribution in [0.2, 0.25) is 0 Å². The molecular formula is C26H24N4O3. The van der Waals surface area contributed by atoms with E-state index in [1.54, 1.807) is 48.5 Å². The number of hydrogen-bond donors (Lipinski definition) is 2. The number of pyridine rings is 1. The fourth-order valence-corrected chi connectivity index (χ4v) is 3.65. The standard InChI is InChI=1S/C26H24N4O3/c1-18(28-24(31)12-9-19-6-3-2-4-7-19)25(32)29-22-10-11-23-20(16-22)13-15-30(23)26(33)21-8-5-14-27-17-21/h2-12,14,16-18H,13,15H2,1H3,(H,28,31)(H,29,32)/b12-9+. The zero-order valence-electron chi connectivity index (χ0n) is 18.2. The predicted molar refractivity (Wildman–Crippen MR) is 128 cm³/mol. The summed E-state index contributed by atoms with van der Waals surface area (Å²) in [5.41, 5.74) is 3.87. The highest BCUT2D eigenvalue weighted by Crippen LogP contribution is 2.31. The van der Waals surface area contributed by atoms with Crippen LogP contribution in [0.3, 0.4) is 0 Å². The van der Waals surface area contributed by atoms with Gasteiger partial charge in [0.15, 0.2) is 0 Å². The van der Waals surface area contributed by atoms with E-state index in [2.05, 4.69) is 15.6 Å². The number of benzene rings is 2. The van der Waals surface area contributed by atoms with Crippen molar-refractivity contribution in [2.45, 2.75) is 19.4 Å². The Labute approximate surface area is 192 Å². The molecule has 7 heteroatoms. The lowest BCUT2D eigenvalue weighted by Crippen LogP contribution is -2.40. The van der Waals surface area contributed by atoms with Crippen LogP contribution in [0.25, 0.3) is 6.08 Å². The monoisotopic (exact) mass is 440 g/mol. The molecule has 0 saturated heterocycles. The molecule has 1 aromatic heterocycles. The molecule has 0 aliphatic carbocycles. The van der Waals surface area contributed by atoms with Crippen LogP contribution in [0.1, 0.15) is 28.4 Å². The maximum Gasteiger partial charge on any atom is 0.259 e. The molecule has 2 N–H and O–H groups in total. The smallest absolute Gasteiger partial charge is 0.259 e. The van der Waals surface area contributed by atoms with Gasteiger partial charge in [-0.2, -0.15) is 0 Å². The van der Waals surface area contributed by atoms with E-state index in [1.807, 2.05) is 42.5 Å². The van der Waals surface area contributed by atoms with E-state index in [1.165, 1.54) is 6.08 Å². The lowest BCUT2D eigenvalue weighted by atomic mass is 10.1. The van der Waals surface area contributed by atoms with Crippen molar-refractivity contribution in [3.63, 3.8) is 0 Å². The molecule has 1 unspecified atom stereocenters. The average molecular weight is 441 g/mol. The number of hydrogen-bond acceptors (Lipinski definition) is 4. The topological polar surface area (TPSA) is 91.4 Å². The van der Waals surface area contributed by atoms with Gasteiger partial charge in [-0.05, 0) is 60.9 Å². The van der Waals surface area contributed by atoms with E-state index >= 15 is 0 Å². The summed E-state index contributed by atoms with van der Waals surface area (Å²) >= 11 is 0. The Bertz CT molecular complexity index is 1190. The zero-order chi connectivity index (χ0) is 23.2. The van der Waals surface area contributed by atoms with Crippen molar-refractivity contribution in [1.82, 2.24) is 10.3 Å². The van der Waals surface area contributed by atoms with Crippen molar-refractivity contribution in [2.24, 2.45) is 0 Å². The number of nitrogens with zero attached hydrogens (tertiary/aromatic N) is 2. The molecule has 4 rings (SSSR count). The highest BCUT2D eigenvalue weighted by atomic mass is 16.2. The lowest BCUT2D eigenvalue weighted by molar-refractivity contribution is -0.123. The number of anilines is 2. The third-order valence-electron chi connectivity index (χ3n) is 5.37. The zero-order valence-corrected chi connectivity index (χ0v) is 18.2. The fourth-order valence-electron chi connectivity index (χ4n) is 3.65. The molecule has 1 aliphatic heterocycles. The summed E-state index contributed by atoms with van der Waals surface area (Å²) in [6.07, 6.45) is 6.98. The Morgan fingerprint density at radius 1 is 1.06 bits per heavy atom. The second-order valence-corrected chi connectivity index (χ2v) is 7.76. The molecule has 0 radical (unpaired) electrons. The number of fused-ring (bicyclic) bond motifs is 1. The Hall–Kier alpha value is -4.26. The van der Waals surface area contributed by atoms with E-state index in [0.29, 0.717) is 24.2 Å². The first-order valence-corrected chi connectivity index (χ1v) is 10.7. The SMILES string of the molecule is CC(NC(=O)/C=C/c1ccccc1)C(=O)Nc1ccc2c(c1)CCN2C(=O)c1cccnc1. The summed E-state index contributed by atoms with van der Waals surface area (Å²) < 4.78 is 0. The van der Waals surface area contributed by atoms with Gasteiger partial charge in [0.2, 0.25) is 11.8 Å². The third kappa shape index (κ3) is 5.33. The van der Waals surface area contributed by atoms with Crippen LogP contribution in [0.5, 0.6) is 0 Å². The van der Waals surface area contributed by atoms with Crippen molar-refractivity contribution in [2.75, 3.05) is 16.8 Å². The minimum absolute atomic E-state index is 0.0986. The summed E-state index contributed by atoms with van der Waals surface area (Å²) in [4.78, 5) is 43.2. The summed E-state index contributed by atoms with van der Waals surface area (Å²) in [6, 6.07) is 17.7. The molecule has 0 spiro atoms. The summed E-state index contributed by atoms with van der Waals surface area (Å²) in [5.74, 6) is -0.767. The first-order chi connectivity index (χ1) is 16.0. The minimum Gasteiger partial charge on any atom is -0.341 e. The number of carbonyl (C=O) groups is 3. The first kappa shape index (κ1) is 22.0. The van der Waals surface area contributed by atoms with Crippen LogP contribution in [0.4, 0.5) is 11.4 Å². The Balaban J connectivity index is 1.36. The number of nitrogens with one attached hydrogen (secondary N) is 2. The summed E-state index contributed by atoms with van der Waals surface area (Å²) in [5, 5.41) is 5.50. The van der Waals surface area contributed by atoms with Crippen molar-refractivity contribution in [3.8, 4) is 0 Å². The van der Waals surface area contributed by atoms with Crippen LogP contribution in [-0.4, -0.2) is 35.3 Å². The Morgan fingerprint density at radius 3 is 2.64 bits per heavy atom. The van der Waals surface area contributed by atoms with Crippen molar-refractivity contribution < 1.29 is 14.4 Å². The first-order valence-electron chi connectivity index (χ1n) is 10.7. The molecule has 2 heterocycles. The van der Waals surface area contributed by atoms with Crippen molar-refractivity contribution in [3.05, 3.63) is 95.8 Å².